The van der Waals surface area contributed by atoms with Gasteiger partial charge in [-0.25, -0.2) is 4.58 Å². The van der Waals surface area contributed by atoms with Crippen LogP contribution >= 0.6 is 0 Å². The maximum absolute atomic E-state index is 14.4. The third kappa shape index (κ3) is 9.20. The molecule has 0 saturated carbocycles. The standard InChI is InChI=1S/C38H52F3N2/c1-7-11-23-42(24-12-8-2)35-21-19-31(27-29(35)5)37(33-17-15-16-18-34(33)38(39,40)41)32-20-22-36(30(6)28-32)43(25-13-9-3)26-14-10-4/h15-22,27-28H,7-14,23-26H2,1-6H3/q+1. The van der Waals surface area contributed by atoms with Crippen LogP contribution < -0.4 is 4.90 Å². The van der Waals surface area contributed by atoms with Crippen LogP contribution in [0.2, 0.25) is 0 Å². The molecule has 43 heavy (non-hydrogen) atoms. The van der Waals surface area contributed by atoms with Crippen molar-refractivity contribution >= 4 is 17.0 Å². The summed E-state index contributed by atoms with van der Waals surface area (Å²) in [4.78, 5) is 2.44. The molecule has 0 N–H and O–H groups in total. The van der Waals surface area contributed by atoms with E-state index in [1.165, 1.54) is 23.5 Å². The molecule has 3 rings (SSSR count). The molecule has 234 valence electrons. The SMILES string of the molecule is CCCCN(CCCC)c1ccc(/C(=C2\C=CC(=[N+](CCCC)CCCC)C(C)=C2)c2ccccc2C(F)(F)F)cc1C. The highest BCUT2D eigenvalue weighted by molar-refractivity contribution is 6.08. The Morgan fingerprint density at radius 2 is 1.37 bits per heavy atom. The lowest BCUT2D eigenvalue weighted by Crippen LogP contribution is -2.26. The Labute approximate surface area is 258 Å². The maximum Gasteiger partial charge on any atom is 0.417 e. The van der Waals surface area contributed by atoms with Gasteiger partial charge in [0.2, 0.25) is 5.71 Å². The van der Waals surface area contributed by atoms with Crippen molar-refractivity contribution in [2.24, 2.45) is 0 Å². The third-order valence-electron chi connectivity index (χ3n) is 8.28. The molecule has 0 radical (unpaired) electrons. The molecular formula is C38H52F3N2+. The average molecular weight is 594 g/mol. The summed E-state index contributed by atoms with van der Waals surface area (Å²) in [6, 6.07) is 12.2. The van der Waals surface area contributed by atoms with Crippen LogP contribution in [-0.4, -0.2) is 36.5 Å². The van der Waals surface area contributed by atoms with Crippen LogP contribution in [-0.2, 0) is 6.18 Å². The summed E-state index contributed by atoms with van der Waals surface area (Å²) < 4.78 is 45.6. The van der Waals surface area contributed by atoms with E-state index in [1.807, 2.05) is 12.1 Å². The predicted molar refractivity (Wildman–Crippen MR) is 178 cm³/mol. The van der Waals surface area contributed by atoms with Crippen molar-refractivity contribution in [1.29, 1.82) is 0 Å². The van der Waals surface area contributed by atoms with Gasteiger partial charge in [0.25, 0.3) is 0 Å². The van der Waals surface area contributed by atoms with Crippen molar-refractivity contribution < 1.29 is 17.7 Å². The molecule has 0 amide bonds. The van der Waals surface area contributed by atoms with E-state index >= 15 is 0 Å². The molecule has 1 aliphatic carbocycles. The second kappa shape index (κ2) is 16.7. The molecule has 0 heterocycles. The van der Waals surface area contributed by atoms with Gasteiger partial charge in [0.05, 0.1) is 5.56 Å². The van der Waals surface area contributed by atoms with Crippen LogP contribution in [0.3, 0.4) is 0 Å². The van der Waals surface area contributed by atoms with Crippen molar-refractivity contribution in [2.45, 2.75) is 99.1 Å². The van der Waals surface area contributed by atoms with E-state index in [9.17, 15) is 13.2 Å². The fourth-order valence-electron chi connectivity index (χ4n) is 5.86. The molecule has 0 spiro atoms. The first-order valence-corrected chi connectivity index (χ1v) is 16.4. The lowest BCUT2D eigenvalue weighted by Gasteiger charge is -2.27. The molecule has 5 heteroatoms. The van der Waals surface area contributed by atoms with Gasteiger partial charge in [-0.1, -0.05) is 77.6 Å². The summed E-state index contributed by atoms with van der Waals surface area (Å²) in [5, 5.41) is 0. The Morgan fingerprint density at radius 3 is 1.91 bits per heavy atom. The highest BCUT2D eigenvalue weighted by Gasteiger charge is 2.34. The number of alkyl halides is 3. The molecule has 0 fully saturated rings. The Bertz CT molecular complexity index is 1310. The number of unbranched alkanes of at least 4 members (excludes halogenated alkanes) is 4. The number of anilines is 1. The minimum atomic E-state index is -4.46. The molecule has 0 bridgehead atoms. The fraction of sp³-hybridized carbons (Fsp3) is 0.500. The van der Waals surface area contributed by atoms with Gasteiger partial charge in [-0.05, 0) is 84.9 Å². The Balaban J connectivity index is 2.22. The molecule has 2 aromatic carbocycles. The summed E-state index contributed by atoms with van der Waals surface area (Å²) in [5.41, 5.74) is 6.38. The lowest BCUT2D eigenvalue weighted by atomic mass is 9.86. The topological polar surface area (TPSA) is 6.25 Å². The van der Waals surface area contributed by atoms with Gasteiger partial charge in [0.15, 0.2) is 0 Å². The zero-order valence-corrected chi connectivity index (χ0v) is 27.3. The van der Waals surface area contributed by atoms with Crippen LogP contribution in [0.1, 0.15) is 108 Å². The maximum atomic E-state index is 14.4. The normalized spacial score (nSPS) is 14.6. The van der Waals surface area contributed by atoms with Crippen molar-refractivity contribution in [1.82, 2.24) is 0 Å². The number of halogens is 3. The highest BCUT2D eigenvalue weighted by Crippen LogP contribution is 2.40. The minimum Gasteiger partial charge on any atom is -0.371 e. The fourth-order valence-corrected chi connectivity index (χ4v) is 5.86. The number of aryl methyl sites for hydroxylation is 1. The number of rotatable bonds is 15. The zero-order valence-electron chi connectivity index (χ0n) is 27.3. The zero-order chi connectivity index (χ0) is 31.4. The molecule has 0 saturated heterocycles. The number of nitrogens with zero attached hydrogens (tertiary/aromatic N) is 2. The first kappa shape index (κ1) is 34.4. The number of benzene rings is 2. The van der Waals surface area contributed by atoms with E-state index in [0.29, 0.717) is 5.57 Å². The Kier molecular flexibility index (Phi) is 13.3. The largest absolute Gasteiger partial charge is 0.417 e. The molecule has 0 unspecified atom stereocenters. The van der Waals surface area contributed by atoms with Crippen molar-refractivity contribution in [3.63, 3.8) is 0 Å². The van der Waals surface area contributed by atoms with Crippen molar-refractivity contribution in [3.8, 4) is 0 Å². The molecule has 0 aliphatic heterocycles. The molecule has 0 atom stereocenters. The summed E-state index contributed by atoms with van der Waals surface area (Å²) in [5.74, 6) is 0. The van der Waals surface area contributed by atoms with Crippen LogP contribution in [0, 0.1) is 6.92 Å². The average Bonchev–Trinajstić information content (AvgIpc) is 2.98. The molecule has 2 nitrogen and oxygen atoms in total. The van der Waals surface area contributed by atoms with Gasteiger partial charge < -0.3 is 4.90 Å². The van der Waals surface area contributed by atoms with Crippen molar-refractivity contribution in [3.05, 3.63) is 94.1 Å². The number of hydrogen-bond acceptors (Lipinski definition) is 1. The quantitative estimate of drug-likeness (QED) is 0.186. The van der Waals surface area contributed by atoms with Gasteiger partial charge in [0.1, 0.15) is 13.1 Å². The van der Waals surface area contributed by atoms with E-state index in [0.717, 1.165) is 99.8 Å². The van der Waals surface area contributed by atoms with Crippen molar-refractivity contribution in [2.75, 3.05) is 31.1 Å². The van der Waals surface area contributed by atoms with E-state index in [2.05, 4.69) is 75.3 Å². The first-order valence-electron chi connectivity index (χ1n) is 16.4. The lowest BCUT2D eigenvalue weighted by molar-refractivity contribution is -0.527. The molecule has 0 aromatic heterocycles. The van der Waals surface area contributed by atoms with E-state index < -0.39 is 11.7 Å². The summed E-state index contributed by atoms with van der Waals surface area (Å²) >= 11 is 0. The van der Waals surface area contributed by atoms with Gasteiger partial charge in [-0.3, -0.25) is 0 Å². The smallest absolute Gasteiger partial charge is 0.371 e. The Morgan fingerprint density at radius 1 is 0.767 bits per heavy atom. The van der Waals surface area contributed by atoms with Gasteiger partial charge >= 0.3 is 6.18 Å². The number of allylic oxidation sites excluding steroid dienone is 5. The Hall–Kier alpha value is -3.08. The van der Waals surface area contributed by atoms with E-state index in [1.54, 1.807) is 12.1 Å². The first-order chi connectivity index (χ1) is 20.7. The highest BCUT2D eigenvalue weighted by atomic mass is 19.4. The van der Waals surface area contributed by atoms with Gasteiger partial charge in [-0.15, -0.1) is 0 Å². The molecule has 1 aliphatic rings. The summed E-state index contributed by atoms with van der Waals surface area (Å²) in [6.45, 7) is 16.9. The van der Waals surface area contributed by atoms with Crippen LogP contribution in [0.25, 0.3) is 5.57 Å². The molecular weight excluding hydrogens is 541 g/mol. The number of hydrogen-bond donors (Lipinski definition) is 0. The second-order valence-corrected chi connectivity index (χ2v) is 11.8. The summed E-state index contributed by atoms with van der Waals surface area (Å²) in [6.07, 6.45) is 10.7. The second-order valence-electron chi connectivity index (χ2n) is 11.8. The van der Waals surface area contributed by atoms with Gasteiger partial charge in [-0.2, -0.15) is 13.2 Å². The summed E-state index contributed by atoms with van der Waals surface area (Å²) in [7, 11) is 0. The van der Waals surface area contributed by atoms with Crippen LogP contribution in [0.4, 0.5) is 18.9 Å². The van der Waals surface area contributed by atoms with E-state index in [4.69, 9.17) is 0 Å². The monoisotopic (exact) mass is 593 g/mol. The van der Waals surface area contributed by atoms with Crippen LogP contribution in [0.15, 0.2) is 71.8 Å². The molecule has 2 aromatic rings. The van der Waals surface area contributed by atoms with E-state index in [-0.39, 0.29) is 5.56 Å². The van der Waals surface area contributed by atoms with Gasteiger partial charge in [0, 0.05) is 43.3 Å². The minimum absolute atomic E-state index is 0.219. The third-order valence-corrected chi connectivity index (χ3v) is 8.28. The van der Waals surface area contributed by atoms with Crippen LogP contribution in [0.5, 0.6) is 0 Å². The predicted octanol–water partition coefficient (Wildman–Crippen LogP) is 10.8.